The van der Waals surface area contributed by atoms with Crippen LogP contribution in [0.3, 0.4) is 0 Å². The van der Waals surface area contributed by atoms with Gasteiger partial charge in [-0.05, 0) is 28.1 Å². The fourth-order valence-electron chi connectivity index (χ4n) is 1.36. The standard InChI is InChI=1S/C10H10BrN3O2S/c1-15-7-3-5(6(11)4-8(7)16-2)9-13-14-10(12)17-9/h3-4H,1-2H3,(H2,12,14). The number of nitrogen functional groups attached to an aromatic ring is 1. The van der Waals surface area contributed by atoms with Crippen molar-refractivity contribution in [1.29, 1.82) is 0 Å². The van der Waals surface area contributed by atoms with Crippen LogP contribution in [0.1, 0.15) is 0 Å². The molecule has 0 unspecified atom stereocenters. The molecule has 2 N–H and O–H groups in total. The van der Waals surface area contributed by atoms with Gasteiger partial charge in [-0.2, -0.15) is 0 Å². The summed E-state index contributed by atoms with van der Waals surface area (Å²) in [6, 6.07) is 3.66. The Morgan fingerprint density at radius 1 is 1.18 bits per heavy atom. The van der Waals surface area contributed by atoms with Crippen LogP contribution in [0.4, 0.5) is 5.13 Å². The molecule has 17 heavy (non-hydrogen) atoms. The molecule has 5 nitrogen and oxygen atoms in total. The molecule has 7 heteroatoms. The highest BCUT2D eigenvalue weighted by Gasteiger charge is 2.14. The highest BCUT2D eigenvalue weighted by Crippen LogP contribution is 2.39. The van der Waals surface area contributed by atoms with Crippen molar-refractivity contribution < 1.29 is 9.47 Å². The predicted molar refractivity (Wildman–Crippen MR) is 70.6 cm³/mol. The monoisotopic (exact) mass is 315 g/mol. The van der Waals surface area contributed by atoms with E-state index >= 15 is 0 Å². The molecule has 0 fully saturated rings. The molecule has 0 bridgehead atoms. The summed E-state index contributed by atoms with van der Waals surface area (Å²) in [5, 5.41) is 8.94. The maximum Gasteiger partial charge on any atom is 0.203 e. The smallest absolute Gasteiger partial charge is 0.203 e. The summed E-state index contributed by atoms with van der Waals surface area (Å²) >= 11 is 4.78. The molecule has 0 aliphatic heterocycles. The first-order chi connectivity index (χ1) is 8.15. The Kier molecular flexibility index (Phi) is 3.49. The topological polar surface area (TPSA) is 70.3 Å². The third-order valence-corrected chi connectivity index (χ3v) is 3.59. The van der Waals surface area contributed by atoms with E-state index in [1.54, 1.807) is 14.2 Å². The van der Waals surface area contributed by atoms with Crippen molar-refractivity contribution in [2.45, 2.75) is 0 Å². The fourth-order valence-corrected chi connectivity index (χ4v) is 2.64. The van der Waals surface area contributed by atoms with E-state index in [1.165, 1.54) is 11.3 Å². The van der Waals surface area contributed by atoms with E-state index in [1.807, 2.05) is 12.1 Å². The molecule has 1 aromatic heterocycles. The molecule has 0 spiro atoms. The van der Waals surface area contributed by atoms with Crippen LogP contribution in [0.25, 0.3) is 10.6 Å². The van der Waals surface area contributed by atoms with Gasteiger partial charge in [0, 0.05) is 10.0 Å². The summed E-state index contributed by atoms with van der Waals surface area (Å²) in [7, 11) is 3.18. The fraction of sp³-hybridized carbons (Fsp3) is 0.200. The first kappa shape index (κ1) is 12.1. The minimum absolute atomic E-state index is 0.432. The number of halogens is 1. The molecule has 0 aliphatic carbocycles. The number of benzene rings is 1. The Bertz CT molecular complexity index is 544. The Morgan fingerprint density at radius 2 is 1.82 bits per heavy atom. The van der Waals surface area contributed by atoms with Crippen LogP contribution in [0, 0.1) is 0 Å². The summed E-state index contributed by atoms with van der Waals surface area (Å²) in [6.45, 7) is 0. The maximum atomic E-state index is 5.57. The number of aromatic nitrogens is 2. The van der Waals surface area contributed by atoms with E-state index in [0.717, 1.165) is 15.0 Å². The molecular formula is C10H10BrN3O2S. The normalized spacial score (nSPS) is 10.3. The summed E-state index contributed by atoms with van der Waals surface area (Å²) < 4.78 is 11.3. The van der Waals surface area contributed by atoms with Gasteiger partial charge >= 0.3 is 0 Å². The second kappa shape index (κ2) is 4.89. The van der Waals surface area contributed by atoms with E-state index in [4.69, 9.17) is 15.2 Å². The first-order valence-corrected chi connectivity index (χ1v) is 6.27. The average Bonchev–Trinajstić information content (AvgIpc) is 2.75. The number of hydrogen-bond acceptors (Lipinski definition) is 6. The number of nitrogens with two attached hydrogens (primary N) is 1. The predicted octanol–water partition coefficient (Wildman–Crippen LogP) is 2.57. The molecule has 0 aliphatic rings. The van der Waals surface area contributed by atoms with Crippen molar-refractivity contribution in [3.63, 3.8) is 0 Å². The minimum Gasteiger partial charge on any atom is -0.493 e. The lowest BCUT2D eigenvalue weighted by atomic mass is 10.2. The van der Waals surface area contributed by atoms with Crippen LogP contribution in [0.15, 0.2) is 16.6 Å². The largest absolute Gasteiger partial charge is 0.493 e. The lowest BCUT2D eigenvalue weighted by Crippen LogP contribution is -1.92. The van der Waals surface area contributed by atoms with Gasteiger partial charge in [-0.3, -0.25) is 0 Å². The molecule has 0 saturated heterocycles. The average molecular weight is 316 g/mol. The summed E-state index contributed by atoms with van der Waals surface area (Å²) in [5.41, 5.74) is 6.44. The van der Waals surface area contributed by atoms with Crippen LogP contribution < -0.4 is 15.2 Å². The van der Waals surface area contributed by atoms with Crippen LogP contribution in [0.5, 0.6) is 11.5 Å². The molecule has 0 amide bonds. The number of methoxy groups -OCH3 is 2. The van der Waals surface area contributed by atoms with Crippen molar-refractivity contribution in [3.05, 3.63) is 16.6 Å². The van der Waals surface area contributed by atoms with Crippen LogP contribution >= 0.6 is 27.3 Å². The maximum absolute atomic E-state index is 5.57. The van der Waals surface area contributed by atoms with Gasteiger partial charge in [0.2, 0.25) is 5.13 Å². The molecular weight excluding hydrogens is 306 g/mol. The van der Waals surface area contributed by atoms with Crippen molar-refractivity contribution in [3.8, 4) is 22.1 Å². The summed E-state index contributed by atoms with van der Waals surface area (Å²) in [5.74, 6) is 1.29. The lowest BCUT2D eigenvalue weighted by molar-refractivity contribution is 0.355. The van der Waals surface area contributed by atoms with Gasteiger partial charge in [0.25, 0.3) is 0 Å². The molecule has 2 rings (SSSR count). The molecule has 90 valence electrons. The van der Waals surface area contributed by atoms with Gasteiger partial charge in [-0.1, -0.05) is 11.3 Å². The van der Waals surface area contributed by atoms with Crippen molar-refractivity contribution in [1.82, 2.24) is 10.2 Å². The van der Waals surface area contributed by atoms with E-state index < -0.39 is 0 Å². The summed E-state index contributed by atoms with van der Waals surface area (Å²) in [4.78, 5) is 0. The van der Waals surface area contributed by atoms with Gasteiger partial charge in [0.05, 0.1) is 14.2 Å². The Balaban J connectivity index is 2.55. The summed E-state index contributed by atoms with van der Waals surface area (Å²) in [6.07, 6.45) is 0. The number of hydrogen-bond donors (Lipinski definition) is 1. The quantitative estimate of drug-likeness (QED) is 0.942. The third-order valence-electron chi connectivity index (χ3n) is 2.14. The van der Waals surface area contributed by atoms with Gasteiger partial charge in [0.1, 0.15) is 0 Å². The van der Waals surface area contributed by atoms with E-state index in [9.17, 15) is 0 Å². The Labute approximate surface area is 111 Å². The zero-order valence-electron chi connectivity index (χ0n) is 9.23. The van der Waals surface area contributed by atoms with Gasteiger partial charge in [0.15, 0.2) is 16.5 Å². The number of rotatable bonds is 3. The SMILES string of the molecule is COc1cc(Br)c(-c2nnc(N)s2)cc1OC. The second-order valence-electron chi connectivity index (χ2n) is 3.13. The van der Waals surface area contributed by atoms with Crippen LogP contribution in [-0.4, -0.2) is 24.4 Å². The molecule has 1 heterocycles. The highest BCUT2D eigenvalue weighted by atomic mass is 79.9. The molecule has 0 saturated carbocycles. The van der Waals surface area contributed by atoms with E-state index in [0.29, 0.717) is 16.6 Å². The molecule has 0 radical (unpaired) electrons. The van der Waals surface area contributed by atoms with Crippen molar-refractivity contribution in [2.75, 3.05) is 20.0 Å². The zero-order chi connectivity index (χ0) is 12.4. The second-order valence-corrected chi connectivity index (χ2v) is 5.00. The minimum atomic E-state index is 0.432. The third kappa shape index (κ3) is 2.34. The molecule has 0 atom stereocenters. The molecule has 1 aromatic carbocycles. The number of nitrogens with zero attached hydrogens (tertiary/aromatic N) is 2. The lowest BCUT2D eigenvalue weighted by Gasteiger charge is -2.10. The van der Waals surface area contributed by atoms with Crippen molar-refractivity contribution in [2.24, 2.45) is 0 Å². The molecule has 2 aromatic rings. The Morgan fingerprint density at radius 3 is 2.35 bits per heavy atom. The van der Waals surface area contributed by atoms with Gasteiger partial charge in [-0.15, -0.1) is 10.2 Å². The van der Waals surface area contributed by atoms with Crippen molar-refractivity contribution >= 4 is 32.4 Å². The Hall–Kier alpha value is -1.34. The number of ether oxygens (including phenoxy) is 2. The first-order valence-electron chi connectivity index (χ1n) is 4.66. The van der Waals surface area contributed by atoms with E-state index in [-0.39, 0.29) is 0 Å². The zero-order valence-corrected chi connectivity index (χ0v) is 11.6. The van der Waals surface area contributed by atoms with Gasteiger partial charge in [-0.25, -0.2) is 0 Å². The van der Waals surface area contributed by atoms with Gasteiger partial charge < -0.3 is 15.2 Å². The van der Waals surface area contributed by atoms with Crippen LogP contribution in [-0.2, 0) is 0 Å². The number of anilines is 1. The highest BCUT2D eigenvalue weighted by molar-refractivity contribution is 9.10. The van der Waals surface area contributed by atoms with E-state index in [2.05, 4.69) is 26.1 Å². The van der Waals surface area contributed by atoms with Crippen LogP contribution in [0.2, 0.25) is 0 Å².